The summed E-state index contributed by atoms with van der Waals surface area (Å²) in [6.45, 7) is 4.61. The van der Waals surface area contributed by atoms with E-state index in [1.54, 1.807) is 0 Å². The van der Waals surface area contributed by atoms with Gasteiger partial charge in [0.15, 0.2) is 0 Å². The first-order valence-electron chi connectivity index (χ1n) is 10.7. The van der Waals surface area contributed by atoms with Crippen molar-refractivity contribution in [3.63, 3.8) is 0 Å². The second-order valence-corrected chi connectivity index (χ2v) is 8.06. The molecule has 2 N–H and O–H groups in total. The summed E-state index contributed by atoms with van der Waals surface area (Å²) in [5.74, 6) is 1.68. The molecule has 30 heavy (non-hydrogen) atoms. The van der Waals surface area contributed by atoms with Gasteiger partial charge in [0.2, 0.25) is 0 Å². The summed E-state index contributed by atoms with van der Waals surface area (Å²) in [5, 5.41) is 4.61. The van der Waals surface area contributed by atoms with Crippen LogP contribution in [0.25, 0.3) is 27.8 Å². The van der Waals surface area contributed by atoms with Crippen LogP contribution in [0.15, 0.2) is 47.4 Å². The lowest BCUT2D eigenvalue weighted by atomic mass is 10.1. The molecule has 0 amide bonds. The summed E-state index contributed by atoms with van der Waals surface area (Å²) < 4.78 is 7.70. The van der Waals surface area contributed by atoms with Crippen LogP contribution in [-0.4, -0.2) is 27.0 Å². The van der Waals surface area contributed by atoms with Gasteiger partial charge in [-0.3, -0.25) is 9.20 Å². The van der Waals surface area contributed by atoms with Crippen LogP contribution in [0.5, 0.6) is 5.75 Å². The molecule has 1 aromatic carbocycles. The molecule has 1 fully saturated rings. The molecule has 5 rings (SSSR count). The minimum absolute atomic E-state index is 0.138. The lowest BCUT2D eigenvalue weighted by Gasteiger charge is -2.15. The fourth-order valence-electron chi connectivity index (χ4n) is 4.35. The highest BCUT2D eigenvalue weighted by Crippen LogP contribution is 2.32. The Labute approximate surface area is 174 Å². The van der Waals surface area contributed by atoms with Gasteiger partial charge in [0.1, 0.15) is 22.9 Å². The van der Waals surface area contributed by atoms with Gasteiger partial charge in [-0.25, -0.2) is 4.98 Å². The molecule has 154 valence electrons. The molecule has 3 heterocycles. The average Bonchev–Trinajstić information content (AvgIpc) is 3.36. The molecule has 0 atom stereocenters. The summed E-state index contributed by atoms with van der Waals surface area (Å²) >= 11 is 0. The molecule has 3 aromatic heterocycles. The zero-order valence-electron chi connectivity index (χ0n) is 17.4. The molecule has 1 aliphatic carbocycles. The zero-order valence-corrected chi connectivity index (χ0v) is 17.4. The van der Waals surface area contributed by atoms with Crippen LogP contribution >= 0.6 is 0 Å². The van der Waals surface area contributed by atoms with Gasteiger partial charge in [-0.15, -0.1) is 0 Å². The van der Waals surface area contributed by atoms with Crippen molar-refractivity contribution < 1.29 is 4.74 Å². The fourth-order valence-corrected chi connectivity index (χ4v) is 4.35. The Morgan fingerprint density at radius 1 is 1.20 bits per heavy atom. The number of aromatic amines is 1. The van der Waals surface area contributed by atoms with E-state index < -0.39 is 0 Å². The molecule has 0 unspecified atom stereocenters. The number of aromatic nitrogens is 3. The van der Waals surface area contributed by atoms with E-state index in [1.807, 2.05) is 43.5 Å². The zero-order chi connectivity index (χ0) is 20.7. The fraction of sp³-hybridized carbons (Fsp3) is 0.333. The van der Waals surface area contributed by atoms with Crippen molar-refractivity contribution in [2.75, 3.05) is 11.9 Å². The number of hydrogen-bond donors (Lipinski definition) is 2. The number of hydrogen-bond acceptors (Lipinski definition) is 4. The third-order valence-corrected chi connectivity index (χ3v) is 5.86. The Kier molecular flexibility index (Phi) is 4.69. The first kappa shape index (κ1) is 18.7. The molecule has 1 saturated carbocycles. The third-order valence-electron chi connectivity index (χ3n) is 5.86. The van der Waals surface area contributed by atoms with Gasteiger partial charge in [-0.1, -0.05) is 12.8 Å². The number of rotatable bonds is 5. The van der Waals surface area contributed by atoms with Crippen LogP contribution in [-0.2, 0) is 0 Å². The Morgan fingerprint density at radius 2 is 2.03 bits per heavy atom. The quantitative estimate of drug-likeness (QED) is 0.498. The first-order chi connectivity index (χ1) is 14.6. The van der Waals surface area contributed by atoms with Gasteiger partial charge < -0.3 is 15.0 Å². The minimum Gasteiger partial charge on any atom is -0.494 e. The van der Waals surface area contributed by atoms with E-state index >= 15 is 0 Å². The molecular weight excluding hydrogens is 376 g/mol. The maximum Gasteiger partial charge on any atom is 0.258 e. The van der Waals surface area contributed by atoms with Gasteiger partial charge in [0.05, 0.1) is 12.2 Å². The summed E-state index contributed by atoms with van der Waals surface area (Å²) in [5.41, 5.74) is 3.89. The van der Waals surface area contributed by atoms with Crippen molar-refractivity contribution in [3.05, 3.63) is 58.5 Å². The number of imidazole rings is 1. The molecule has 0 spiro atoms. The highest BCUT2D eigenvalue weighted by molar-refractivity contribution is 5.87. The van der Waals surface area contributed by atoms with Gasteiger partial charge in [-0.2, -0.15) is 0 Å². The predicted octanol–water partition coefficient (Wildman–Crippen LogP) is 4.90. The Hall–Kier alpha value is -3.28. The van der Waals surface area contributed by atoms with Gasteiger partial charge in [0, 0.05) is 23.1 Å². The number of pyridine rings is 2. The molecule has 0 radical (unpaired) electrons. The van der Waals surface area contributed by atoms with Crippen molar-refractivity contribution in [2.24, 2.45) is 0 Å². The minimum atomic E-state index is -0.138. The SMILES string of the molecule is CCOc1ccc2[nH]c(=O)c(-c3nc4cc(C)ccn4c3NC3CCCC3)cc2c1. The third kappa shape index (κ3) is 3.32. The predicted molar refractivity (Wildman–Crippen MR) is 121 cm³/mol. The van der Waals surface area contributed by atoms with E-state index in [0.717, 1.165) is 46.5 Å². The van der Waals surface area contributed by atoms with Crippen LogP contribution in [0.2, 0.25) is 0 Å². The number of fused-ring (bicyclic) bond motifs is 2. The molecular formula is C24H26N4O2. The number of nitrogens with zero attached hydrogens (tertiary/aromatic N) is 2. The number of benzene rings is 1. The van der Waals surface area contributed by atoms with E-state index in [0.29, 0.717) is 23.9 Å². The Bertz CT molecular complexity index is 1280. The van der Waals surface area contributed by atoms with Crippen molar-refractivity contribution in [3.8, 4) is 17.0 Å². The standard InChI is InChI=1S/C24H26N4O2/c1-3-30-18-8-9-20-16(13-18)14-19(24(29)26-20)22-23(25-17-6-4-5-7-17)28-11-10-15(2)12-21(28)27-22/h8-14,17,25H,3-7H2,1-2H3,(H,26,29). The van der Waals surface area contributed by atoms with E-state index in [9.17, 15) is 4.79 Å². The maximum atomic E-state index is 13.0. The number of ether oxygens (including phenoxy) is 1. The highest BCUT2D eigenvalue weighted by Gasteiger charge is 2.22. The Balaban J connectivity index is 1.70. The first-order valence-corrected chi connectivity index (χ1v) is 10.7. The number of nitrogens with one attached hydrogen (secondary N) is 2. The van der Waals surface area contributed by atoms with Crippen molar-refractivity contribution in [1.82, 2.24) is 14.4 Å². The monoisotopic (exact) mass is 402 g/mol. The molecule has 4 aromatic rings. The number of H-pyrrole nitrogens is 1. The number of anilines is 1. The summed E-state index contributed by atoms with van der Waals surface area (Å²) in [4.78, 5) is 20.9. The van der Waals surface area contributed by atoms with E-state index in [-0.39, 0.29) is 5.56 Å². The largest absolute Gasteiger partial charge is 0.494 e. The van der Waals surface area contributed by atoms with Crippen LogP contribution in [0.1, 0.15) is 38.2 Å². The smallest absolute Gasteiger partial charge is 0.258 e. The normalized spacial score (nSPS) is 14.6. The summed E-state index contributed by atoms with van der Waals surface area (Å²) in [6.07, 6.45) is 6.79. The second kappa shape index (κ2) is 7.52. The number of aryl methyl sites for hydroxylation is 1. The topological polar surface area (TPSA) is 71.4 Å². The highest BCUT2D eigenvalue weighted by atomic mass is 16.5. The molecule has 6 nitrogen and oxygen atoms in total. The lowest BCUT2D eigenvalue weighted by Crippen LogP contribution is -2.17. The van der Waals surface area contributed by atoms with Crippen molar-refractivity contribution in [1.29, 1.82) is 0 Å². The molecule has 0 bridgehead atoms. The molecule has 6 heteroatoms. The lowest BCUT2D eigenvalue weighted by molar-refractivity contribution is 0.340. The van der Waals surface area contributed by atoms with Crippen LogP contribution in [0, 0.1) is 6.92 Å². The maximum absolute atomic E-state index is 13.0. The van der Waals surface area contributed by atoms with Gasteiger partial charge >= 0.3 is 0 Å². The van der Waals surface area contributed by atoms with Crippen LogP contribution in [0.3, 0.4) is 0 Å². The molecule has 0 aliphatic heterocycles. The van der Waals surface area contributed by atoms with Crippen molar-refractivity contribution in [2.45, 2.75) is 45.6 Å². The molecule has 1 aliphatic rings. The van der Waals surface area contributed by atoms with Crippen LogP contribution < -0.4 is 15.6 Å². The average molecular weight is 402 g/mol. The van der Waals surface area contributed by atoms with Gasteiger partial charge in [0.25, 0.3) is 5.56 Å². The summed E-state index contributed by atoms with van der Waals surface area (Å²) in [6, 6.07) is 12.2. The van der Waals surface area contributed by atoms with E-state index in [4.69, 9.17) is 9.72 Å². The van der Waals surface area contributed by atoms with E-state index in [2.05, 4.69) is 27.7 Å². The molecule has 0 saturated heterocycles. The van der Waals surface area contributed by atoms with Crippen LogP contribution in [0.4, 0.5) is 5.82 Å². The summed E-state index contributed by atoms with van der Waals surface area (Å²) in [7, 11) is 0. The van der Waals surface area contributed by atoms with Gasteiger partial charge in [-0.05, 0) is 68.7 Å². The Morgan fingerprint density at radius 3 is 2.83 bits per heavy atom. The van der Waals surface area contributed by atoms with E-state index in [1.165, 1.54) is 12.8 Å². The van der Waals surface area contributed by atoms with Crippen molar-refractivity contribution >= 4 is 22.4 Å². The second-order valence-electron chi connectivity index (χ2n) is 8.06.